The summed E-state index contributed by atoms with van der Waals surface area (Å²) >= 11 is 6.25. The Hall–Kier alpha value is -12.6. The van der Waals surface area contributed by atoms with Crippen LogP contribution in [0.15, 0.2) is 323 Å². The Labute approximate surface area is 885 Å². The minimum Gasteiger partial charge on any atom is -0.508 e. The third-order valence-corrected chi connectivity index (χ3v) is 29.5. The molecule has 0 amide bonds. The number of rotatable bonds is 29. The van der Waals surface area contributed by atoms with Crippen LogP contribution in [0.4, 0.5) is 0 Å². The summed E-state index contributed by atoms with van der Waals surface area (Å²) in [5.41, 5.74) is 5.39. The first kappa shape index (κ1) is 119. The molecular weight excluding hydrogens is 1950 g/mol. The molecule has 6 aliphatic heterocycles. The quantitative estimate of drug-likeness (QED) is 0.00752. The third kappa shape index (κ3) is 35.5. The van der Waals surface area contributed by atoms with Crippen LogP contribution in [0.25, 0.3) is 0 Å². The number of allylic oxidation sites excluding steroid dienone is 5. The highest BCUT2D eigenvalue weighted by Crippen LogP contribution is 2.50. The highest BCUT2D eigenvalue weighted by atomic mass is 35.5. The number of carbonyl (C=O) groups excluding carboxylic acids is 3. The van der Waals surface area contributed by atoms with E-state index < -0.39 is 60.2 Å². The fourth-order valence-corrected chi connectivity index (χ4v) is 21.8. The minimum atomic E-state index is -2.24. The van der Waals surface area contributed by atoms with Crippen molar-refractivity contribution in [2.45, 2.75) is 193 Å². The van der Waals surface area contributed by atoms with Gasteiger partial charge in [-0.3, -0.25) is 0 Å². The smallest absolute Gasteiger partial charge is 0.331 e. The van der Waals surface area contributed by atoms with Crippen LogP contribution in [0, 0.1) is 35.5 Å². The van der Waals surface area contributed by atoms with E-state index in [1.54, 1.807) is 105 Å². The number of carboxylic acids is 2. The number of halogens is 1. The SMILES string of the molecule is C=CC[C@@H]1COC(C)(C)OC1c1ccccc1OC.C=CC[C@@H]1COC(C)(C)O[C@@H]1c1ccccc1O.CC1(C)OC[C@@H](C/C=C/C(=O)O)[C@@H](c2ccccc2O)O1.CC1(C)OC[C@@H](CC=O)[C@@H](c2ccccc2O)O1.CCOC(=O)C=CC[C@@H]1COC(C)(C)O[C@@H]1c1ccccc1O.CCOC(=O)C=P(c1ccccc1)(c1ccccc1)c1ccccc1.O=C(O)/C=C/C[C@@H]1CO[C@H](c2ccccc2Cl)O[C@@H]1c1ccccc1O. The number of aromatic hydroxyl groups is 5. The number of ether oxygens (including phenoxy) is 15. The normalized spacial score (nSPS) is 22.7. The average molecular weight is 2100 g/mol. The maximum Gasteiger partial charge on any atom is 0.331 e. The number of hydrogen-bond acceptors (Lipinski definition) is 25. The molecule has 150 heavy (non-hydrogen) atoms. The highest BCUT2D eigenvalue weighted by molar-refractivity contribution is 7.95. The largest absolute Gasteiger partial charge is 0.508 e. The lowest BCUT2D eigenvalue weighted by Gasteiger charge is -2.41. The minimum absolute atomic E-state index is 0.00185. The monoisotopic (exact) mass is 2090 g/mol. The van der Waals surface area contributed by atoms with E-state index in [-0.39, 0.29) is 107 Å². The molecule has 10 aromatic carbocycles. The third-order valence-electron chi connectivity index (χ3n) is 25.2. The fourth-order valence-electron chi connectivity index (χ4n) is 17.9. The lowest BCUT2D eigenvalue weighted by molar-refractivity contribution is -0.296. The van der Waals surface area contributed by atoms with Gasteiger partial charge in [-0.1, -0.05) is 260 Å². The lowest BCUT2D eigenvalue weighted by Crippen LogP contribution is -2.41. The second kappa shape index (κ2) is 58.1. The Morgan fingerprint density at radius 2 is 0.627 bits per heavy atom. The van der Waals surface area contributed by atoms with Crippen molar-refractivity contribution in [1.29, 1.82) is 0 Å². The van der Waals surface area contributed by atoms with Crippen LogP contribution in [0.2, 0.25) is 5.02 Å². The predicted octanol–water partition coefficient (Wildman–Crippen LogP) is 23.6. The van der Waals surface area contributed by atoms with Crippen molar-refractivity contribution in [2.24, 2.45) is 35.5 Å². The van der Waals surface area contributed by atoms with Gasteiger partial charge in [0, 0.05) is 110 Å². The highest BCUT2D eigenvalue weighted by Gasteiger charge is 2.45. The molecule has 0 bridgehead atoms. The summed E-state index contributed by atoms with van der Waals surface area (Å²) in [6, 6.07) is 81.5. The standard InChI is InChI=1S/C22H21O2P.C20H19ClO5.C18H24O5.C16H20O5.C16H22O3.C15H20O3.C14H18O4/c1-2-24-22(23)18-25(19-12-6-3-7-13-19,20-14-8-4-9-15-20)21-16-10-5-11-17-21;21-16-9-3-1-7-14(16)20-25-12-13(6-5-11-18(23)24)19(26-20)15-8-2-4-10-17(15)22;1-4-21-16(20)11-7-8-13-12-22-18(2,3)23-17(13)14-9-5-6-10-15(14)19;1-16(2)20-10-11(6-5-9-14(18)19)15(21-16)12-7-3-4-8-13(12)17;1-5-8-12-11-18-16(2,3)19-15(12)13-9-6-7-10-14(13)17-4;1-4-7-11-10-17-15(2,3)18-14(11)12-8-5-6-9-13(12)16;1-14(2)17-9-10(7-8-15)13(18-14)11-5-3-4-6-12(11)16/h3-18H,2H2,1H3;1-5,7-11,13,19-20,22H,6,12H2,(H,23,24);5-7,9-11,13,17,19H,4,8,12H2,1-3H3;3-5,7-9,11,15,17H,6,10H2,1-2H3,(H,18,19);5-7,9-10,12,15H,1,8,11H2,2-4H3;4-6,8-9,11,14,16H,1,7,10H2,2-3H3;3-6,8,10,13,16H,7,9H2,1-2H3/b;11-5+;;9-5+;;;/t;13-,19+,20+;13-,17+;11-,15+;12-,15?;11-,14+;10-,13+/m.111111/s1. The van der Waals surface area contributed by atoms with Crippen LogP contribution >= 0.6 is 18.5 Å². The van der Waals surface area contributed by atoms with Crippen LogP contribution in [-0.2, 0) is 90.3 Å². The second-order valence-corrected chi connectivity index (χ2v) is 42.2. The zero-order chi connectivity index (χ0) is 109. The number of methoxy groups -OCH3 is 1. The Kier molecular flexibility index (Phi) is 46.2. The van der Waals surface area contributed by atoms with E-state index in [1.165, 1.54) is 6.08 Å². The molecule has 10 aromatic rings. The molecule has 6 fully saturated rings. The van der Waals surface area contributed by atoms with Gasteiger partial charge in [0.15, 0.2) is 35.2 Å². The maximum absolute atomic E-state index is 12.5. The number of carboxylic acid groups (broad SMARTS) is 2. The number of phenolic OH excluding ortho intramolecular Hbond substituents is 5. The number of para-hydroxylation sites is 6. The number of hydrogen-bond donors (Lipinski definition) is 7. The average Bonchev–Trinajstić information content (AvgIpc) is 0.750. The van der Waals surface area contributed by atoms with E-state index in [0.717, 1.165) is 69.6 Å². The van der Waals surface area contributed by atoms with E-state index in [4.69, 9.17) is 92.9 Å². The van der Waals surface area contributed by atoms with Crippen molar-refractivity contribution in [2.75, 3.05) is 60.0 Å². The molecule has 0 radical (unpaired) electrons. The molecule has 13 atom stereocenters. The van der Waals surface area contributed by atoms with E-state index >= 15 is 0 Å². The molecule has 6 aliphatic rings. The van der Waals surface area contributed by atoms with Crippen LogP contribution in [-0.4, -0.2) is 161 Å². The first-order chi connectivity index (χ1) is 71.8. The number of phenols is 5. The van der Waals surface area contributed by atoms with Gasteiger partial charge in [0.05, 0.1) is 96.6 Å². The van der Waals surface area contributed by atoms with Gasteiger partial charge in [-0.05, 0) is 180 Å². The van der Waals surface area contributed by atoms with E-state index in [9.17, 15) is 49.5 Å². The Morgan fingerprint density at radius 1 is 0.353 bits per heavy atom. The van der Waals surface area contributed by atoms with Crippen LogP contribution in [0.3, 0.4) is 0 Å². The van der Waals surface area contributed by atoms with Gasteiger partial charge >= 0.3 is 23.9 Å². The summed E-state index contributed by atoms with van der Waals surface area (Å²) in [6.07, 6.45) is 14.5. The Balaban J connectivity index is 0.000000180. The van der Waals surface area contributed by atoms with Crippen LogP contribution < -0.4 is 20.7 Å². The van der Waals surface area contributed by atoms with Crippen molar-refractivity contribution < 1.29 is 131 Å². The fraction of sp³-hybridized carbons (Fsp3) is 0.372. The number of esters is 2. The van der Waals surface area contributed by atoms with Crippen molar-refractivity contribution in [1.82, 2.24) is 0 Å². The van der Waals surface area contributed by atoms with E-state index in [2.05, 4.69) is 55.6 Å². The molecule has 6 saturated heterocycles. The lowest BCUT2D eigenvalue weighted by atomic mass is 9.91. The van der Waals surface area contributed by atoms with Gasteiger partial charge in [0.1, 0.15) is 40.8 Å². The summed E-state index contributed by atoms with van der Waals surface area (Å²) in [4.78, 5) is 55.9. The zero-order valence-corrected chi connectivity index (χ0v) is 89.2. The molecule has 802 valence electrons. The molecule has 27 nitrogen and oxygen atoms in total. The van der Waals surface area contributed by atoms with Crippen molar-refractivity contribution in [3.8, 4) is 34.5 Å². The maximum atomic E-state index is 12.5. The molecule has 0 aliphatic carbocycles. The summed E-state index contributed by atoms with van der Waals surface area (Å²) in [6.45, 7) is 31.4. The first-order valence-corrected chi connectivity index (χ1v) is 52.5. The van der Waals surface area contributed by atoms with Crippen molar-refractivity contribution >= 4 is 70.4 Å². The molecule has 7 N–H and O–H groups in total. The van der Waals surface area contributed by atoms with Gasteiger partial charge in [-0.15, -0.1) is 13.2 Å². The summed E-state index contributed by atoms with van der Waals surface area (Å²) < 4.78 is 85.9. The van der Waals surface area contributed by atoms with Crippen molar-refractivity contribution in [3.05, 3.63) is 367 Å². The molecule has 0 spiro atoms. The Bertz CT molecular complexity index is 5920. The zero-order valence-electron chi connectivity index (χ0n) is 87.5. The summed E-state index contributed by atoms with van der Waals surface area (Å²) in [5.74, 6) is -2.13. The second-order valence-electron chi connectivity index (χ2n) is 38.5. The molecule has 29 heteroatoms. The van der Waals surface area contributed by atoms with Crippen molar-refractivity contribution in [3.63, 3.8) is 0 Å². The van der Waals surface area contributed by atoms with Crippen LogP contribution in [0.1, 0.15) is 203 Å². The summed E-state index contributed by atoms with van der Waals surface area (Å²) in [5, 5.41) is 71.7. The number of aliphatic carboxylic acids is 2. The predicted molar refractivity (Wildman–Crippen MR) is 579 cm³/mol. The number of benzene rings is 10. The first-order valence-electron chi connectivity index (χ1n) is 50.3. The molecular formula is C121H144ClO27P. The molecule has 0 aromatic heterocycles. The van der Waals surface area contributed by atoms with Gasteiger partial charge in [-0.25, -0.2) is 19.2 Å². The molecule has 6 heterocycles. The van der Waals surface area contributed by atoms with Crippen LogP contribution in [0.5, 0.6) is 34.5 Å². The van der Waals surface area contributed by atoms with Gasteiger partial charge < -0.3 is 112 Å². The van der Waals surface area contributed by atoms with Gasteiger partial charge in [0.25, 0.3) is 0 Å². The Morgan fingerprint density at radius 3 is 0.940 bits per heavy atom. The number of carbonyl (C=O) groups is 5. The molecule has 1 unspecified atom stereocenters. The molecule has 16 rings (SSSR count). The van der Waals surface area contributed by atoms with E-state index in [0.29, 0.717) is 106 Å². The summed E-state index contributed by atoms with van der Waals surface area (Å²) in [7, 11) is 1.69. The van der Waals surface area contributed by atoms with Gasteiger partial charge in [0.2, 0.25) is 0 Å². The topological polar surface area (TPSA) is 365 Å². The molecule has 0 saturated carbocycles. The van der Waals surface area contributed by atoms with Gasteiger partial charge in [-0.2, -0.15) is 0 Å². The number of aldehydes is 1. The van der Waals surface area contributed by atoms with E-state index in [1.807, 2.05) is 240 Å².